The molecule has 110 valence electrons. The van der Waals surface area contributed by atoms with Gasteiger partial charge in [-0.2, -0.15) is 5.10 Å². The van der Waals surface area contributed by atoms with E-state index in [-0.39, 0.29) is 11.9 Å². The summed E-state index contributed by atoms with van der Waals surface area (Å²) in [6.45, 7) is 2.00. The number of H-pyrrole nitrogens is 1. The molecule has 0 bridgehead atoms. The molecule has 21 heavy (non-hydrogen) atoms. The highest BCUT2D eigenvalue weighted by molar-refractivity contribution is 5.97. The Kier molecular flexibility index (Phi) is 3.41. The van der Waals surface area contributed by atoms with Crippen LogP contribution < -0.4 is 5.73 Å². The van der Waals surface area contributed by atoms with E-state index in [0.29, 0.717) is 17.3 Å². The summed E-state index contributed by atoms with van der Waals surface area (Å²) in [6.07, 6.45) is 2.24. The van der Waals surface area contributed by atoms with Gasteiger partial charge in [-0.05, 0) is 25.3 Å². The fraction of sp³-hybridized carbons (Fsp3) is 0.375. The van der Waals surface area contributed by atoms with Gasteiger partial charge < -0.3 is 10.6 Å². The molecule has 0 aliphatic heterocycles. The third-order valence-electron chi connectivity index (χ3n) is 4.20. The average Bonchev–Trinajstić information content (AvgIpc) is 3.29. The van der Waals surface area contributed by atoms with Gasteiger partial charge in [0.05, 0.1) is 17.4 Å². The van der Waals surface area contributed by atoms with E-state index < -0.39 is 0 Å². The van der Waals surface area contributed by atoms with Crippen molar-refractivity contribution in [3.05, 3.63) is 47.3 Å². The summed E-state index contributed by atoms with van der Waals surface area (Å²) in [7, 11) is 1.78. The molecule has 0 saturated heterocycles. The quantitative estimate of drug-likeness (QED) is 0.906. The predicted molar refractivity (Wildman–Crippen MR) is 81.9 cm³/mol. The number of rotatable bonds is 4. The zero-order chi connectivity index (χ0) is 15.0. The highest BCUT2D eigenvalue weighted by Crippen LogP contribution is 2.42. The summed E-state index contributed by atoms with van der Waals surface area (Å²) in [4.78, 5) is 14.3. The van der Waals surface area contributed by atoms with E-state index in [1.54, 1.807) is 11.9 Å². The SMILES string of the molecule is CC(c1ccccc1)N(C)C(=O)c1n[nH]c(C2CC2)c1N. The second-order valence-electron chi connectivity index (χ2n) is 5.68. The number of aromatic nitrogens is 2. The molecule has 1 unspecified atom stereocenters. The normalized spacial score (nSPS) is 15.7. The number of hydrogen-bond acceptors (Lipinski definition) is 3. The number of aromatic amines is 1. The van der Waals surface area contributed by atoms with Crippen LogP contribution in [0.5, 0.6) is 0 Å². The van der Waals surface area contributed by atoms with Crippen molar-refractivity contribution < 1.29 is 4.79 Å². The summed E-state index contributed by atoms with van der Waals surface area (Å²) in [5.74, 6) is 0.308. The maximum atomic E-state index is 12.6. The fourth-order valence-corrected chi connectivity index (χ4v) is 2.51. The summed E-state index contributed by atoms with van der Waals surface area (Å²) in [5, 5.41) is 7.06. The molecule has 1 saturated carbocycles. The predicted octanol–water partition coefficient (Wildman–Crippen LogP) is 2.70. The summed E-state index contributed by atoms with van der Waals surface area (Å²) < 4.78 is 0. The highest BCUT2D eigenvalue weighted by atomic mass is 16.2. The van der Waals surface area contributed by atoms with Crippen LogP contribution in [0.4, 0.5) is 5.69 Å². The smallest absolute Gasteiger partial charge is 0.276 e. The number of hydrogen-bond donors (Lipinski definition) is 2. The number of benzene rings is 1. The first-order chi connectivity index (χ1) is 10.1. The monoisotopic (exact) mass is 284 g/mol. The van der Waals surface area contributed by atoms with E-state index in [1.807, 2.05) is 37.3 Å². The molecule has 1 aromatic carbocycles. The molecule has 2 aromatic rings. The average molecular weight is 284 g/mol. The highest BCUT2D eigenvalue weighted by Gasteiger charge is 2.31. The molecule has 1 aromatic heterocycles. The van der Waals surface area contributed by atoms with E-state index in [1.165, 1.54) is 0 Å². The van der Waals surface area contributed by atoms with E-state index in [0.717, 1.165) is 24.1 Å². The first kappa shape index (κ1) is 13.7. The van der Waals surface area contributed by atoms with Gasteiger partial charge in [0.2, 0.25) is 0 Å². The number of nitrogens with two attached hydrogens (primary N) is 1. The second-order valence-corrected chi connectivity index (χ2v) is 5.68. The molecule has 0 radical (unpaired) electrons. The van der Waals surface area contributed by atoms with Crippen LogP contribution in [-0.4, -0.2) is 28.1 Å². The van der Waals surface area contributed by atoms with E-state index in [2.05, 4.69) is 10.2 Å². The maximum absolute atomic E-state index is 12.6. The van der Waals surface area contributed by atoms with Crippen molar-refractivity contribution in [1.29, 1.82) is 0 Å². The number of anilines is 1. The fourth-order valence-electron chi connectivity index (χ4n) is 2.51. The zero-order valence-electron chi connectivity index (χ0n) is 12.3. The van der Waals surface area contributed by atoms with Gasteiger partial charge in [-0.15, -0.1) is 0 Å². The molecule has 3 rings (SSSR count). The molecule has 1 aliphatic carbocycles. The van der Waals surface area contributed by atoms with Gasteiger partial charge in [-0.25, -0.2) is 0 Å². The Morgan fingerprint density at radius 1 is 1.38 bits per heavy atom. The molecule has 1 heterocycles. The minimum Gasteiger partial charge on any atom is -0.395 e. The summed E-state index contributed by atoms with van der Waals surface area (Å²) in [5.41, 5.74) is 8.93. The Hall–Kier alpha value is -2.30. The Labute approximate surface area is 124 Å². The van der Waals surface area contributed by atoms with Crippen molar-refractivity contribution in [3.8, 4) is 0 Å². The third kappa shape index (κ3) is 2.51. The van der Waals surface area contributed by atoms with Crippen LogP contribution in [0.15, 0.2) is 30.3 Å². The van der Waals surface area contributed by atoms with E-state index in [4.69, 9.17) is 5.73 Å². The number of nitrogens with one attached hydrogen (secondary N) is 1. The zero-order valence-corrected chi connectivity index (χ0v) is 12.3. The molecule has 1 atom stereocenters. The molecule has 1 amide bonds. The molecule has 5 nitrogen and oxygen atoms in total. The van der Waals surface area contributed by atoms with Gasteiger partial charge in [0.25, 0.3) is 5.91 Å². The Balaban J connectivity index is 1.81. The largest absolute Gasteiger partial charge is 0.395 e. The number of amides is 1. The van der Waals surface area contributed by atoms with E-state index in [9.17, 15) is 4.79 Å². The lowest BCUT2D eigenvalue weighted by atomic mass is 10.1. The second kappa shape index (κ2) is 5.24. The molecule has 3 N–H and O–H groups in total. The topological polar surface area (TPSA) is 75.0 Å². The van der Waals surface area contributed by atoms with Crippen LogP contribution >= 0.6 is 0 Å². The lowest BCUT2D eigenvalue weighted by Crippen LogP contribution is -2.30. The minimum atomic E-state index is -0.146. The molecule has 1 fully saturated rings. The van der Waals surface area contributed by atoms with Gasteiger partial charge >= 0.3 is 0 Å². The van der Waals surface area contributed by atoms with Crippen LogP contribution in [0.2, 0.25) is 0 Å². The van der Waals surface area contributed by atoms with Gasteiger partial charge in [0.1, 0.15) is 0 Å². The van der Waals surface area contributed by atoms with Gasteiger partial charge in [0, 0.05) is 13.0 Å². The molecular formula is C16H20N4O. The lowest BCUT2D eigenvalue weighted by Gasteiger charge is -2.24. The van der Waals surface area contributed by atoms with Gasteiger partial charge in [0.15, 0.2) is 5.69 Å². The molecule has 0 spiro atoms. The summed E-state index contributed by atoms with van der Waals surface area (Å²) in [6, 6.07) is 9.90. The van der Waals surface area contributed by atoms with E-state index >= 15 is 0 Å². The van der Waals surface area contributed by atoms with Gasteiger partial charge in [-0.1, -0.05) is 30.3 Å². The van der Waals surface area contributed by atoms with Crippen molar-refractivity contribution >= 4 is 11.6 Å². The van der Waals surface area contributed by atoms with Crippen molar-refractivity contribution in [2.45, 2.75) is 31.7 Å². The Bertz CT molecular complexity index is 646. The van der Waals surface area contributed by atoms with Crippen molar-refractivity contribution in [2.75, 3.05) is 12.8 Å². The van der Waals surface area contributed by atoms with Crippen LogP contribution in [0, 0.1) is 0 Å². The van der Waals surface area contributed by atoms with Crippen molar-refractivity contribution in [2.24, 2.45) is 0 Å². The van der Waals surface area contributed by atoms with Crippen LogP contribution in [0.3, 0.4) is 0 Å². The lowest BCUT2D eigenvalue weighted by molar-refractivity contribution is 0.0737. The number of nitrogens with zero attached hydrogens (tertiary/aromatic N) is 2. The minimum absolute atomic E-state index is 0.0285. The maximum Gasteiger partial charge on any atom is 0.276 e. The van der Waals surface area contributed by atoms with Crippen LogP contribution in [-0.2, 0) is 0 Å². The molecule has 5 heteroatoms. The summed E-state index contributed by atoms with van der Waals surface area (Å²) >= 11 is 0. The first-order valence-electron chi connectivity index (χ1n) is 7.25. The van der Waals surface area contributed by atoms with Gasteiger partial charge in [-0.3, -0.25) is 9.89 Å². The van der Waals surface area contributed by atoms with Crippen molar-refractivity contribution in [3.63, 3.8) is 0 Å². The molecule has 1 aliphatic rings. The third-order valence-corrected chi connectivity index (χ3v) is 4.20. The Morgan fingerprint density at radius 2 is 2.05 bits per heavy atom. The Morgan fingerprint density at radius 3 is 2.67 bits per heavy atom. The van der Waals surface area contributed by atoms with Crippen LogP contribution in [0.1, 0.15) is 53.5 Å². The number of carbonyl (C=O) groups excluding carboxylic acids is 1. The first-order valence-corrected chi connectivity index (χ1v) is 7.25. The number of nitrogen functional groups attached to an aromatic ring is 1. The standard InChI is InChI=1S/C16H20N4O/c1-10(11-6-4-3-5-7-11)20(2)16(21)15-13(17)14(18-19-15)12-8-9-12/h3-7,10,12H,8-9,17H2,1-2H3,(H,18,19). The van der Waals surface area contributed by atoms with Crippen molar-refractivity contribution in [1.82, 2.24) is 15.1 Å². The molecular weight excluding hydrogens is 264 g/mol. The van der Waals surface area contributed by atoms with Crippen LogP contribution in [0.25, 0.3) is 0 Å². The number of carbonyl (C=O) groups is 1.